The highest BCUT2D eigenvalue weighted by Crippen LogP contribution is 2.16. The average molecular weight is 298 g/mol. The van der Waals surface area contributed by atoms with Crippen molar-refractivity contribution in [2.75, 3.05) is 6.61 Å². The second kappa shape index (κ2) is 7.26. The van der Waals surface area contributed by atoms with Crippen molar-refractivity contribution < 1.29 is 14.6 Å². The molecule has 0 fully saturated rings. The lowest BCUT2D eigenvalue weighted by molar-refractivity contribution is -0.123. The molecule has 0 unspecified atom stereocenters. The van der Waals surface area contributed by atoms with Crippen molar-refractivity contribution >= 4 is 11.6 Å². The maximum Gasteiger partial charge on any atom is 0.277 e. The highest BCUT2D eigenvalue weighted by molar-refractivity contribution is 6.01. The van der Waals surface area contributed by atoms with Gasteiger partial charge in [0.2, 0.25) is 0 Å². The minimum absolute atomic E-state index is 0.119. The summed E-state index contributed by atoms with van der Waals surface area (Å²) in [6.45, 7) is 3.56. The molecule has 0 aliphatic heterocycles. The number of aromatic hydroxyl groups is 1. The molecule has 2 aromatic rings. The van der Waals surface area contributed by atoms with E-state index in [4.69, 9.17) is 4.74 Å². The van der Waals surface area contributed by atoms with E-state index < -0.39 is 0 Å². The molecule has 114 valence electrons. The molecular weight excluding hydrogens is 280 g/mol. The number of phenolic OH excluding ortho intramolecular Hbond substituents is 1. The van der Waals surface area contributed by atoms with Gasteiger partial charge >= 0.3 is 0 Å². The fourth-order valence-corrected chi connectivity index (χ4v) is 1.80. The SMILES string of the molecule is C/C(=N\NC(=O)COc1ccc(C)cc1)c1ccccc1O. The summed E-state index contributed by atoms with van der Waals surface area (Å²) in [5.41, 5.74) is 4.61. The summed E-state index contributed by atoms with van der Waals surface area (Å²) in [6, 6.07) is 14.2. The Balaban J connectivity index is 1.88. The summed E-state index contributed by atoms with van der Waals surface area (Å²) in [4.78, 5) is 11.7. The van der Waals surface area contributed by atoms with E-state index in [1.54, 1.807) is 43.3 Å². The number of amides is 1. The Labute approximate surface area is 129 Å². The number of aryl methyl sites for hydroxylation is 1. The zero-order valence-electron chi connectivity index (χ0n) is 12.5. The third kappa shape index (κ3) is 4.34. The molecule has 5 heteroatoms. The molecule has 0 aliphatic rings. The first-order valence-electron chi connectivity index (χ1n) is 6.87. The average Bonchev–Trinajstić information content (AvgIpc) is 2.52. The summed E-state index contributed by atoms with van der Waals surface area (Å²) in [7, 11) is 0. The number of nitrogens with one attached hydrogen (secondary N) is 1. The third-order valence-electron chi connectivity index (χ3n) is 3.03. The van der Waals surface area contributed by atoms with Crippen LogP contribution >= 0.6 is 0 Å². The number of benzene rings is 2. The summed E-state index contributed by atoms with van der Waals surface area (Å²) in [5, 5.41) is 13.7. The van der Waals surface area contributed by atoms with Crippen LogP contribution in [0.2, 0.25) is 0 Å². The molecule has 0 saturated heterocycles. The van der Waals surface area contributed by atoms with Crippen molar-refractivity contribution in [1.29, 1.82) is 0 Å². The highest BCUT2D eigenvalue weighted by Gasteiger charge is 2.05. The molecule has 1 amide bonds. The second-order valence-corrected chi connectivity index (χ2v) is 4.85. The van der Waals surface area contributed by atoms with Crippen LogP contribution in [0.5, 0.6) is 11.5 Å². The van der Waals surface area contributed by atoms with Crippen LogP contribution in [0.1, 0.15) is 18.1 Å². The normalized spacial score (nSPS) is 11.1. The number of ether oxygens (including phenoxy) is 1. The van der Waals surface area contributed by atoms with E-state index in [1.165, 1.54) is 0 Å². The maximum atomic E-state index is 11.7. The molecule has 0 aromatic heterocycles. The first-order chi connectivity index (χ1) is 10.6. The smallest absolute Gasteiger partial charge is 0.277 e. The Morgan fingerprint density at radius 2 is 1.86 bits per heavy atom. The first-order valence-corrected chi connectivity index (χ1v) is 6.87. The maximum absolute atomic E-state index is 11.7. The molecule has 0 heterocycles. The predicted molar refractivity (Wildman–Crippen MR) is 85.1 cm³/mol. The molecular formula is C17H18N2O3. The van der Waals surface area contributed by atoms with Gasteiger partial charge in [0.05, 0.1) is 5.71 Å². The van der Waals surface area contributed by atoms with Crippen LogP contribution in [-0.2, 0) is 4.79 Å². The van der Waals surface area contributed by atoms with Gasteiger partial charge in [0.15, 0.2) is 6.61 Å². The number of carbonyl (C=O) groups excluding carboxylic acids is 1. The van der Waals surface area contributed by atoms with Gasteiger partial charge in [0.25, 0.3) is 5.91 Å². The van der Waals surface area contributed by atoms with Gasteiger partial charge < -0.3 is 9.84 Å². The first kappa shape index (κ1) is 15.6. The van der Waals surface area contributed by atoms with Crippen LogP contribution in [0.3, 0.4) is 0 Å². The number of hydrazone groups is 1. The molecule has 2 N–H and O–H groups in total. The second-order valence-electron chi connectivity index (χ2n) is 4.85. The zero-order valence-corrected chi connectivity index (χ0v) is 12.5. The lowest BCUT2D eigenvalue weighted by atomic mass is 10.1. The Kier molecular flexibility index (Phi) is 5.14. The summed E-state index contributed by atoms with van der Waals surface area (Å²) in [5.74, 6) is 0.381. The van der Waals surface area contributed by atoms with Crippen molar-refractivity contribution in [1.82, 2.24) is 5.43 Å². The molecule has 0 radical (unpaired) electrons. The van der Waals surface area contributed by atoms with E-state index in [9.17, 15) is 9.90 Å². The van der Waals surface area contributed by atoms with Gasteiger partial charge in [-0.15, -0.1) is 0 Å². The fourth-order valence-electron chi connectivity index (χ4n) is 1.80. The topological polar surface area (TPSA) is 70.9 Å². The molecule has 0 saturated carbocycles. The van der Waals surface area contributed by atoms with Gasteiger partial charge in [-0.2, -0.15) is 5.10 Å². The molecule has 0 spiro atoms. The molecule has 0 aliphatic carbocycles. The predicted octanol–water partition coefficient (Wildman–Crippen LogP) is 2.62. The quantitative estimate of drug-likeness (QED) is 0.658. The number of nitrogens with zero attached hydrogens (tertiary/aromatic N) is 1. The van der Waals surface area contributed by atoms with Crippen molar-refractivity contribution in [2.45, 2.75) is 13.8 Å². The van der Waals surface area contributed by atoms with E-state index in [-0.39, 0.29) is 18.3 Å². The fraction of sp³-hybridized carbons (Fsp3) is 0.176. The Bertz CT molecular complexity index is 679. The van der Waals surface area contributed by atoms with Gasteiger partial charge in [0.1, 0.15) is 11.5 Å². The van der Waals surface area contributed by atoms with Crippen molar-refractivity contribution in [3.8, 4) is 11.5 Å². The van der Waals surface area contributed by atoms with Crippen LogP contribution in [0, 0.1) is 6.92 Å². The number of hydrogen-bond donors (Lipinski definition) is 2. The van der Waals surface area contributed by atoms with Crippen LogP contribution in [0.4, 0.5) is 0 Å². The van der Waals surface area contributed by atoms with E-state index >= 15 is 0 Å². The number of para-hydroxylation sites is 1. The van der Waals surface area contributed by atoms with E-state index in [0.29, 0.717) is 17.0 Å². The third-order valence-corrected chi connectivity index (χ3v) is 3.03. The number of phenols is 1. The van der Waals surface area contributed by atoms with Crippen LogP contribution < -0.4 is 10.2 Å². The van der Waals surface area contributed by atoms with E-state index in [0.717, 1.165) is 5.56 Å². The Morgan fingerprint density at radius 1 is 1.18 bits per heavy atom. The minimum Gasteiger partial charge on any atom is -0.507 e. The van der Waals surface area contributed by atoms with E-state index in [1.807, 2.05) is 19.1 Å². The summed E-state index contributed by atoms with van der Waals surface area (Å²) < 4.78 is 5.35. The van der Waals surface area contributed by atoms with Crippen LogP contribution in [0.15, 0.2) is 53.6 Å². The van der Waals surface area contributed by atoms with Gasteiger partial charge in [-0.05, 0) is 38.1 Å². The number of rotatable bonds is 5. The largest absolute Gasteiger partial charge is 0.507 e. The molecule has 0 bridgehead atoms. The summed E-state index contributed by atoms with van der Waals surface area (Å²) in [6.07, 6.45) is 0. The molecule has 2 aromatic carbocycles. The minimum atomic E-state index is -0.365. The van der Waals surface area contributed by atoms with Crippen molar-refractivity contribution in [3.63, 3.8) is 0 Å². The Morgan fingerprint density at radius 3 is 2.55 bits per heavy atom. The van der Waals surface area contributed by atoms with Crippen molar-refractivity contribution in [2.24, 2.45) is 5.10 Å². The van der Waals surface area contributed by atoms with Crippen LogP contribution in [0.25, 0.3) is 0 Å². The molecule has 2 rings (SSSR count). The lowest BCUT2D eigenvalue weighted by Crippen LogP contribution is -2.25. The highest BCUT2D eigenvalue weighted by atomic mass is 16.5. The van der Waals surface area contributed by atoms with Crippen LogP contribution in [-0.4, -0.2) is 23.3 Å². The van der Waals surface area contributed by atoms with Gasteiger partial charge in [-0.1, -0.05) is 29.8 Å². The lowest BCUT2D eigenvalue weighted by Gasteiger charge is -2.06. The number of hydrogen-bond acceptors (Lipinski definition) is 4. The Hall–Kier alpha value is -2.82. The van der Waals surface area contributed by atoms with Gasteiger partial charge in [-0.3, -0.25) is 4.79 Å². The standard InChI is InChI=1S/C17H18N2O3/c1-12-7-9-14(10-8-12)22-11-17(21)19-18-13(2)15-5-3-4-6-16(15)20/h3-10,20H,11H2,1-2H3,(H,19,21)/b18-13+. The number of carbonyl (C=O) groups is 1. The van der Waals surface area contributed by atoms with Crippen molar-refractivity contribution in [3.05, 3.63) is 59.7 Å². The molecule has 22 heavy (non-hydrogen) atoms. The zero-order chi connectivity index (χ0) is 15.9. The molecule has 0 atom stereocenters. The van der Waals surface area contributed by atoms with Gasteiger partial charge in [0, 0.05) is 5.56 Å². The van der Waals surface area contributed by atoms with Gasteiger partial charge in [-0.25, -0.2) is 5.43 Å². The monoisotopic (exact) mass is 298 g/mol. The van der Waals surface area contributed by atoms with E-state index in [2.05, 4.69) is 10.5 Å². The molecule has 5 nitrogen and oxygen atoms in total. The summed E-state index contributed by atoms with van der Waals surface area (Å²) >= 11 is 0.